The molecular weight excluding hydrogens is 322 g/mol. The number of nitro benzene ring substituents is 1. The molecule has 0 saturated heterocycles. The smallest absolute Gasteiger partial charge is 0.258 e. The molecule has 0 saturated carbocycles. The molecule has 1 aliphatic carbocycles. The van der Waals surface area contributed by atoms with Crippen molar-refractivity contribution in [2.45, 2.75) is 0 Å². The van der Waals surface area contributed by atoms with Gasteiger partial charge in [-0.1, -0.05) is 12.1 Å². The van der Waals surface area contributed by atoms with E-state index in [2.05, 4.69) is 9.98 Å². The minimum Gasteiger partial charge on any atom is -0.258 e. The topological polar surface area (TPSA) is 68.4 Å². The van der Waals surface area contributed by atoms with Crippen LogP contribution in [0.3, 0.4) is 0 Å². The average Bonchev–Trinajstić information content (AvgIpc) is 2.60. The highest BCUT2D eigenvalue weighted by atomic mass is 32.1. The summed E-state index contributed by atoms with van der Waals surface area (Å²) >= 11 is 1.67. The van der Waals surface area contributed by atoms with Gasteiger partial charge in [0.25, 0.3) is 5.69 Å². The first-order chi connectivity index (χ1) is 11.7. The van der Waals surface area contributed by atoms with Crippen molar-refractivity contribution in [1.29, 1.82) is 0 Å². The lowest BCUT2D eigenvalue weighted by atomic mass is 10.2. The molecular formula is C18H11N3O2S. The van der Waals surface area contributed by atoms with Crippen LogP contribution in [0.15, 0.2) is 71.7 Å². The lowest BCUT2D eigenvalue weighted by Crippen LogP contribution is -2.01. The van der Waals surface area contributed by atoms with Gasteiger partial charge in [-0.15, -0.1) is 11.3 Å². The summed E-state index contributed by atoms with van der Waals surface area (Å²) in [6, 6.07) is 20.1. The summed E-state index contributed by atoms with van der Waals surface area (Å²) in [6.07, 6.45) is 0. The molecule has 0 aromatic heterocycles. The highest BCUT2D eigenvalue weighted by Crippen LogP contribution is 2.29. The first kappa shape index (κ1) is 14.5. The number of rotatable bonds is 2. The molecule has 0 amide bonds. The SMILES string of the molecule is O=[N+]([O-])c1ccc(/N=c2/ccc3nc4ccccc4sc-3c2)cc1. The number of nitro groups is 1. The fourth-order valence-corrected chi connectivity index (χ4v) is 3.43. The van der Waals surface area contributed by atoms with E-state index >= 15 is 0 Å². The van der Waals surface area contributed by atoms with Crippen molar-refractivity contribution in [3.05, 3.63) is 82.2 Å². The molecule has 1 aliphatic heterocycles. The number of para-hydroxylation sites is 1. The van der Waals surface area contributed by atoms with Crippen LogP contribution < -0.4 is 5.36 Å². The van der Waals surface area contributed by atoms with Crippen LogP contribution in [0.25, 0.3) is 20.8 Å². The normalized spacial score (nSPS) is 11.9. The largest absolute Gasteiger partial charge is 0.269 e. The van der Waals surface area contributed by atoms with Gasteiger partial charge in [0.15, 0.2) is 0 Å². The van der Waals surface area contributed by atoms with Gasteiger partial charge in [-0.3, -0.25) is 10.1 Å². The zero-order chi connectivity index (χ0) is 16.5. The van der Waals surface area contributed by atoms with Crippen molar-refractivity contribution in [3.8, 4) is 10.6 Å². The minimum absolute atomic E-state index is 0.0605. The third-order valence-corrected chi connectivity index (χ3v) is 4.70. The van der Waals surface area contributed by atoms with Gasteiger partial charge in [-0.05, 0) is 42.5 Å². The standard InChI is InChI=1S/C18H11N3O2S/c22-21(23)14-8-5-12(6-9-14)19-13-7-10-16-18(11-13)24-17-4-2-1-3-15(17)20-16/h1-11H/b19-13-. The Morgan fingerprint density at radius 1 is 1.00 bits per heavy atom. The zero-order valence-corrected chi connectivity index (χ0v) is 13.2. The molecule has 0 spiro atoms. The van der Waals surface area contributed by atoms with Crippen LogP contribution in [0.2, 0.25) is 0 Å². The second kappa shape index (κ2) is 5.82. The summed E-state index contributed by atoms with van der Waals surface area (Å²) < 4.78 is 1.12. The minimum atomic E-state index is -0.418. The Balaban J connectivity index is 1.80. The van der Waals surface area contributed by atoms with E-state index in [0.717, 1.165) is 26.1 Å². The van der Waals surface area contributed by atoms with Crippen molar-refractivity contribution in [2.24, 2.45) is 4.99 Å². The lowest BCUT2D eigenvalue weighted by Gasteiger charge is -2.05. The predicted molar refractivity (Wildman–Crippen MR) is 94.6 cm³/mol. The second-order valence-corrected chi connectivity index (χ2v) is 6.30. The van der Waals surface area contributed by atoms with Crippen LogP contribution in [0.5, 0.6) is 0 Å². The van der Waals surface area contributed by atoms with E-state index in [1.807, 2.05) is 42.5 Å². The molecule has 0 radical (unpaired) electrons. The molecule has 0 fully saturated rings. The summed E-state index contributed by atoms with van der Waals surface area (Å²) in [5.41, 5.74) is 2.65. The number of hydrogen-bond acceptors (Lipinski definition) is 5. The maximum Gasteiger partial charge on any atom is 0.269 e. The van der Waals surface area contributed by atoms with E-state index in [1.165, 1.54) is 12.1 Å². The van der Waals surface area contributed by atoms with Crippen molar-refractivity contribution in [1.82, 2.24) is 4.98 Å². The third-order valence-electron chi connectivity index (χ3n) is 3.59. The van der Waals surface area contributed by atoms with Crippen LogP contribution in [0.4, 0.5) is 11.4 Å². The molecule has 4 rings (SSSR count). The van der Waals surface area contributed by atoms with E-state index in [4.69, 9.17) is 0 Å². The molecule has 2 aromatic rings. The van der Waals surface area contributed by atoms with Crippen LogP contribution in [-0.4, -0.2) is 9.91 Å². The molecule has 5 nitrogen and oxygen atoms in total. The van der Waals surface area contributed by atoms with Crippen molar-refractivity contribution >= 4 is 32.9 Å². The van der Waals surface area contributed by atoms with Crippen molar-refractivity contribution in [3.63, 3.8) is 0 Å². The predicted octanol–water partition coefficient (Wildman–Crippen LogP) is 4.54. The van der Waals surface area contributed by atoms with Crippen LogP contribution in [0.1, 0.15) is 0 Å². The van der Waals surface area contributed by atoms with Crippen molar-refractivity contribution < 1.29 is 4.92 Å². The number of nitrogens with zero attached hydrogens (tertiary/aromatic N) is 3. The fraction of sp³-hybridized carbons (Fsp3) is 0. The molecule has 2 aliphatic rings. The maximum atomic E-state index is 10.7. The van der Waals surface area contributed by atoms with Crippen LogP contribution in [0, 0.1) is 10.1 Å². The summed E-state index contributed by atoms with van der Waals surface area (Å²) in [5.74, 6) is 0. The van der Waals surface area contributed by atoms with E-state index in [1.54, 1.807) is 23.5 Å². The molecule has 0 atom stereocenters. The van der Waals surface area contributed by atoms with Gasteiger partial charge in [0, 0.05) is 12.1 Å². The third kappa shape index (κ3) is 2.75. The van der Waals surface area contributed by atoms with E-state index in [9.17, 15) is 10.1 Å². The van der Waals surface area contributed by atoms with Gasteiger partial charge in [-0.2, -0.15) is 0 Å². The summed E-state index contributed by atoms with van der Waals surface area (Å²) in [5, 5.41) is 11.5. The molecule has 2 aromatic carbocycles. The molecule has 116 valence electrons. The molecule has 24 heavy (non-hydrogen) atoms. The molecule has 0 bridgehead atoms. The highest BCUT2D eigenvalue weighted by molar-refractivity contribution is 7.21. The zero-order valence-electron chi connectivity index (χ0n) is 12.4. The quantitative estimate of drug-likeness (QED) is 0.307. The number of non-ortho nitro benzene ring substituents is 1. The summed E-state index contributed by atoms with van der Waals surface area (Å²) in [6.45, 7) is 0. The molecule has 0 unspecified atom stereocenters. The van der Waals surface area contributed by atoms with Gasteiger partial charge in [0.2, 0.25) is 0 Å². The monoisotopic (exact) mass is 333 g/mol. The van der Waals surface area contributed by atoms with Crippen LogP contribution >= 0.6 is 11.3 Å². The number of fused-ring (bicyclic) bond motifs is 2. The summed E-state index contributed by atoms with van der Waals surface area (Å²) in [7, 11) is 0. The van der Waals surface area contributed by atoms with Gasteiger partial charge in [0.05, 0.1) is 36.8 Å². The van der Waals surface area contributed by atoms with Crippen molar-refractivity contribution in [2.75, 3.05) is 0 Å². The number of benzene rings is 3. The Morgan fingerprint density at radius 2 is 1.79 bits per heavy atom. The fourth-order valence-electron chi connectivity index (χ4n) is 2.43. The first-order valence-corrected chi connectivity index (χ1v) is 8.09. The molecule has 1 heterocycles. The number of hydrogen-bond donors (Lipinski definition) is 0. The van der Waals surface area contributed by atoms with Gasteiger partial charge in [-0.25, -0.2) is 9.98 Å². The van der Waals surface area contributed by atoms with Gasteiger partial charge in [0.1, 0.15) is 0 Å². The Bertz CT molecular complexity index is 1090. The number of aromatic nitrogens is 1. The van der Waals surface area contributed by atoms with Gasteiger partial charge >= 0.3 is 0 Å². The molecule has 6 heteroatoms. The Kier molecular flexibility index (Phi) is 3.51. The highest BCUT2D eigenvalue weighted by Gasteiger charge is 2.07. The lowest BCUT2D eigenvalue weighted by molar-refractivity contribution is -0.384. The summed E-state index contributed by atoms with van der Waals surface area (Å²) in [4.78, 5) is 20.5. The van der Waals surface area contributed by atoms with E-state index in [-0.39, 0.29) is 5.69 Å². The molecule has 0 N–H and O–H groups in total. The Morgan fingerprint density at radius 3 is 2.58 bits per heavy atom. The first-order valence-electron chi connectivity index (χ1n) is 7.28. The van der Waals surface area contributed by atoms with Gasteiger partial charge < -0.3 is 0 Å². The maximum absolute atomic E-state index is 10.7. The Labute approximate surface area is 141 Å². The van der Waals surface area contributed by atoms with E-state index in [0.29, 0.717) is 5.69 Å². The second-order valence-electron chi connectivity index (χ2n) is 5.22. The van der Waals surface area contributed by atoms with Crippen LogP contribution in [-0.2, 0) is 0 Å². The average molecular weight is 333 g/mol. The Hall–Kier alpha value is -3.12. The van der Waals surface area contributed by atoms with E-state index < -0.39 is 4.92 Å².